The van der Waals surface area contributed by atoms with Crippen molar-refractivity contribution in [1.82, 2.24) is 0 Å². The van der Waals surface area contributed by atoms with Gasteiger partial charge >= 0.3 is 0 Å². The van der Waals surface area contributed by atoms with Crippen molar-refractivity contribution in [2.45, 2.75) is 24.6 Å². The fourth-order valence-electron chi connectivity index (χ4n) is 2.19. The van der Waals surface area contributed by atoms with Crippen molar-refractivity contribution >= 4 is 37.5 Å². The standard InChI is InChI=1S/C13H17Br2N/c1-16(9-10-3-2-4-10)13-6-5-12(15)7-11(13)8-14/h5-7,10H,2-4,8-9H2,1H3. The van der Waals surface area contributed by atoms with E-state index >= 15 is 0 Å². The molecule has 0 atom stereocenters. The molecule has 1 aliphatic carbocycles. The first-order chi connectivity index (χ1) is 7.70. The highest BCUT2D eigenvalue weighted by Gasteiger charge is 2.20. The van der Waals surface area contributed by atoms with Gasteiger partial charge in [-0.1, -0.05) is 38.3 Å². The van der Waals surface area contributed by atoms with Crippen LogP contribution in [0.5, 0.6) is 0 Å². The summed E-state index contributed by atoms with van der Waals surface area (Å²) < 4.78 is 1.16. The molecule has 0 amide bonds. The minimum Gasteiger partial charge on any atom is -0.374 e. The maximum Gasteiger partial charge on any atom is 0.0405 e. The van der Waals surface area contributed by atoms with Crippen LogP contribution < -0.4 is 4.90 Å². The monoisotopic (exact) mass is 345 g/mol. The lowest BCUT2D eigenvalue weighted by molar-refractivity contribution is 0.321. The molecule has 0 N–H and O–H groups in total. The van der Waals surface area contributed by atoms with Gasteiger partial charge in [-0.2, -0.15) is 0 Å². The average molecular weight is 347 g/mol. The van der Waals surface area contributed by atoms with Crippen molar-refractivity contribution in [3.63, 3.8) is 0 Å². The van der Waals surface area contributed by atoms with Crippen molar-refractivity contribution in [2.75, 3.05) is 18.5 Å². The number of alkyl halides is 1. The second-order valence-corrected chi connectivity index (χ2v) is 6.06. The molecule has 2 rings (SSSR count). The Morgan fingerprint density at radius 2 is 2.12 bits per heavy atom. The quantitative estimate of drug-likeness (QED) is 0.721. The predicted octanol–water partition coefficient (Wildman–Crippen LogP) is 4.58. The van der Waals surface area contributed by atoms with Crippen LogP contribution in [-0.2, 0) is 5.33 Å². The number of benzene rings is 1. The molecule has 1 aliphatic rings. The highest BCUT2D eigenvalue weighted by atomic mass is 79.9. The molecule has 1 aromatic rings. The Labute approximate surface area is 114 Å². The molecule has 1 nitrogen and oxygen atoms in total. The zero-order chi connectivity index (χ0) is 11.5. The summed E-state index contributed by atoms with van der Waals surface area (Å²) in [6.45, 7) is 1.20. The van der Waals surface area contributed by atoms with Gasteiger partial charge < -0.3 is 4.90 Å². The van der Waals surface area contributed by atoms with Gasteiger partial charge in [-0.05, 0) is 42.5 Å². The summed E-state index contributed by atoms with van der Waals surface area (Å²) in [4.78, 5) is 2.40. The lowest BCUT2D eigenvalue weighted by Gasteiger charge is -2.32. The minimum absolute atomic E-state index is 0.913. The Bertz CT molecular complexity index is 361. The smallest absolute Gasteiger partial charge is 0.0405 e. The lowest BCUT2D eigenvalue weighted by atomic mass is 9.85. The number of hydrogen-bond acceptors (Lipinski definition) is 1. The minimum atomic E-state index is 0.913. The second-order valence-electron chi connectivity index (χ2n) is 4.58. The highest BCUT2D eigenvalue weighted by molar-refractivity contribution is 9.10. The van der Waals surface area contributed by atoms with Crippen molar-refractivity contribution in [2.24, 2.45) is 5.92 Å². The molecule has 0 aliphatic heterocycles. The van der Waals surface area contributed by atoms with Crippen LogP contribution in [0.4, 0.5) is 5.69 Å². The van der Waals surface area contributed by atoms with E-state index in [9.17, 15) is 0 Å². The summed E-state index contributed by atoms with van der Waals surface area (Å²) in [6, 6.07) is 6.53. The van der Waals surface area contributed by atoms with Crippen LogP contribution in [0.1, 0.15) is 24.8 Å². The molecule has 0 aromatic heterocycles. The van der Waals surface area contributed by atoms with Crippen LogP contribution in [0.15, 0.2) is 22.7 Å². The number of halogens is 2. The van der Waals surface area contributed by atoms with E-state index in [-0.39, 0.29) is 0 Å². The molecule has 88 valence electrons. The first-order valence-electron chi connectivity index (χ1n) is 5.76. The van der Waals surface area contributed by atoms with Crippen LogP contribution in [0.25, 0.3) is 0 Å². The van der Waals surface area contributed by atoms with E-state index in [4.69, 9.17) is 0 Å². The van der Waals surface area contributed by atoms with Crippen LogP contribution in [0, 0.1) is 5.92 Å². The largest absolute Gasteiger partial charge is 0.374 e. The number of nitrogens with zero attached hydrogens (tertiary/aromatic N) is 1. The highest BCUT2D eigenvalue weighted by Crippen LogP contribution is 2.31. The summed E-state index contributed by atoms with van der Waals surface area (Å²) in [6.07, 6.45) is 4.24. The summed E-state index contributed by atoms with van der Waals surface area (Å²) in [5.74, 6) is 0.914. The maximum absolute atomic E-state index is 3.56. The van der Waals surface area contributed by atoms with E-state index in [1.807, 2.05) is 0 Å². The summed E-state index contributed by atoms with van der Waals surface area (Å²) >= 11 is 7.08. The first-order valence-corrected chi connectivity index (χ1v) is 7.67. The molecular formula is C13H17Br2N. The van der Waals surface area contributed by atoms with Gasteiger partial charge in [0.25, 0.3) is 0 Å². The predicted molar refractivity (Wildman–Crippen MR) is 77.4 cm³/mol. The third kappa shape index (κ3) is 2.80. The molecule has 1 fully saturated rings. The van der Waals surface area contributed by atoms with Crippen LogP contribution in [0.2, 0.25) is 0 Å². The average Bonchev–Trinajstić information content (AvgIpc) is 2.23. The Hall–Kier alpha value is -0.0200. The van der Waals surface area contributed by atoms with Crippen LogP contribution in [-0.4, -0.2) is 13.6 Å². The molecule has 0 unspecified atom stereocenters. The molecule has 1 aromatic carbocycles. The van der Waals surface area contributed by atoms with Crippen LogP contribution in [0.3, 0.4) is 0 Å². The van der Waals surface area contributed by atoms with E-state index in [1.165, 1.54) is 37.1 Å². The van der Waals surface area contributed by atoms with Gasteiger partial charge in [-0.15, -0.1) is 0 Å². The maximum atomic E-state index is 3.56. The Morgan fingerprint density at radius 1 is 1.38 bits per heavy atom. The van der Waals surface area contributed by atoms with Gasteiger partial charge in [0.2, 0.25) is 0 Å². The van der Waals surface area contributed by atoms with Crippen LogP contribution >= 0.6 is 31.9 Å². The molecule has 0 spiro atoms. The van der Waals surface area contributed by atoms with Crippen molar-refractivity contribution in [3.8, 4) is 0 Å². The molecule has 0 saturated heterocycles. The van der Waals surface area contributed by atoms with Gasteiger partial charge in [0.15, 0.2) is 0 Å². The van der Waals surface area contributed by atoms with E-state index < -0.39 is 0 Å². The van der Waals surface area contributed by atoms with E-state index in [0.29, 0.717) is 0 Å². The molecule has 16 heavy (non-hydrogen) atoms. The summed E-state index contributed by atoms with van der Waals surface area (Å²) in [5, 5.41) is 0.913. The van der Waals surface area contributed by atoms with Gasteiger partial charge in [0.1, 0.15) is 0 Å². The van der Waals surface area contributed by atoms with Crippen molar-refractivity contribution in [1.29, 1.82) is 0 Å². The molecular weight excluding hydrogens is 330 g/mol. The topological polar surface area (TPSA) is 3.24 Å². The first kappa shape index (κ1) is 12.4. The van der Waals surface area contributed by atoms with E-state index in [1.54, 1.807) is 0 Å². The van der Waals surface area contributed by atoms with Gasteiger partial charge in [-0.3, -0.25) is 0 Å². The fourth-order valence-corrected chi connectivity index (χ4v) is 3.05. The Kier molecular flexibility index (Phi) is 4.31. The number of hydrogen-bond donors (Lipinski definition) is 0. The van der Waals surface area contributed by atoms with Gasteiger partial charge in [0, 0.05) is 29.1 Å². The second kappa shape index (κ2) is 5.54. The lowest BCUT2D eigenvalue weighted by Crippen LogP contribution is -2.29. The Balaban J connectivity index is 2.11. The SMILES string of the molecule is CN(CC1CCC1)c1ccc(Br)cc1CBr. The normalized spacial score (nSPS) is 15.9. The Morgan fingerprint density at radius 3 is 2.69 bits per heavy atom. The zero-order valence-electron chi connectivity index (χ0n) is 9.55. The molecule has 1 saturated carbocycles. The van der Waals surface area contributed by atoms with Gasteiger partial charge in [0.05, 0.1) is 0 Å². The zero-order valence-corrected chi connectivity index (χ0v) is 12.7. The number of anilines is 1. The molecule has 0 radical (unpaired) electrons. The number of rotatable bonds is 4. The van der Waals surface area contributed by atoms with Crippen molar-refractivity contribution < 1.29 is 0 Å². The van der Waals surface area contributed by atoms with E-state index in [2.05, 4.69) is 62.0 Å². The molecule has 0 heterocycles. The van der Waals surface area contributed by atoms with Gasteiger partial charge in [-0.25, -0.2) is 0 Å². The summed E-state index contributed by atoms with van der Waals surface area (Å²) in [7, 11) is 2.20. The summed E-state index contributed by atoms with van der Waals surface area (Å²) in [5.41, 5.74) is 2.71. The van der Waals surface area contributed by atoms with Crippen molar-refractivity contribution in [3.05, 3.63) is 28.2 Å². The third-order valence-corrected chi connectivity index (χ3v) is 4.45. The third-order valence-electron chi connectivity index (χ3n) is 3.35. The molecule has 3 heteroatoms. The molecule has 0 bridgehead atoms. The fraction of sp³-hybridized carbons (Fsp3) is 0.538. The van der Waals surface area contributed by atoms with E-state index in [0.717, 1.165) is 15.7 Å².